The van der Waals surface area contributed by atoms with E-state index in [2.05, 4.69) is 17.4 Å². The lowest BCUT2D eigenvalue weighted by molar-refractivity contribution is -0.131. The van der Waals surface area contributed by atoms with Gasteiger partial charge >= 0.3 is 5.97 Å². The minimum Gasteiger partial charge on any atom is -0.497 e. The van der Waals surface area contributed by atoms with Crippen molar-refractivity contribution in [1.29, 1.82) is 0 Å². The number of ether oxygens (including phenoxy) is 1. The summed E-state index contributed by atoms with van der Waals surface area (Å²) in [7, 11) is 1.66. The van der Waals surface area contributed by atoms with Crippen LogP contribution in [-0.4, -0.2) is 30.8 Å². The molecule has 0 spiro atoms. The van der Waals surface area contributed by atoms with Crippen molar-refractivity contribution in [1.82, 2.24) is 5.32 Å². The summed E-state index contributed by atoms with van der Waals surface area (Å²) in [4.78, 5) is 11.3. The lowest BCUT2D eigenvalue weighted by Crippen LogP contribution is -2.52. The highest BCUT2D eigenvalue weighted by Gasteiger charge is 2.45. The zero-order chi connectivity index (χ0) is 14.9. The molecule has 2 bridgehead atoms. The number of carboxylic acids is 1. The fourth-order valence-corrected chi connectivity index (χ4v) is 3.93. The molecular weight excluding hydrogens is 266 g/mol. The molecule has 2 aliphatic rings. The van der Waals surface area contributed by atoms with Crippen molar-refractivity contribution in [3.8, 4) is 5.75 Å². The van der Waals surface area contributed by atoms with Crippen molar-refractivity contribution in [3.63, 3.8) is 0 Å². The first kappa shape index (κ1) is 14.1. The second kappa shape index (κ2) is 5.53. The van der Waals surface area contributed by atoms with E-state index in [-0.39, 0.29) is 11.5 Å². The lowest BCUT2D eigenvalue weighted by Gasteiger charge is -2.48. The summed E-state index contributed by atoms with van der Waals surface area (Å²) in [6, 6.07) is 8.28. The standard InChI is InChI=1S/C17H21NO3/c1-21-13-5-2-4-12(10-13)17-7-3-6-15(18-9-8-17)14(17)11-16(19)20/h2,4-5,10-11,15,18H,3,6-9H2,1H3,(H,19,20). The van der Waals surface area contributed by atoms with Crippen LogP contribution in [0.15, 0.2) is 35.9 Å². The summed E-state index contributed by atoms with van der Waals surface area (Å²) in [5, 5.41) is 12.7. The number of rotatable bonds is 3. The molecule has 0 amide bonds. The average molecular weight is 287 g/mol. The molecule has 21 heavy (non-hydrogen) atoms. The topological polar surface area (TPSA) is 58.6 Å². The lowest BCUT2D eigenvalue weighted by atomic mass is 9.60. The van der Waals surface area contributed by atoms with Crippen molar-refractivity contribution < 1.29 is 14.6 Å². The molecule has 1 aliphatic carbocycles. The third kappa shape index (κ3) is 2.44. The average Bonchev–Trinajstić information content (AvgIpc) is 2.47. The molecule has 4 nitrogen and oxygen atoms in total. The molecule has 112 valence electrons. The van der Waals surface area contributed by atoms with Crippen LogP contribution in [0, 0.1) is 0 Å². The Balaban J connectivity index is 2.11. The molecule has 3 rings (SSSR count). The Kier molecular flexibility index (Phi) is 3.72. The summed E-state index contributed by atoms with van der Waals surface area (Å²) in [6.45, 7) is 0.929. The summed E-state index contributed by atoms with van der Waals surface area (Å²) in [6.07, 6.45) is 5.51. The highest BCUT2D eigenvalue weighted by molar-refractivity contribution is 5.82. The van der Waals surface area contributed by atoms with Crippen molar-refractivity contribution in [2.45, 2.75) is 37.1 Å². The van der Waals surface area contributed by atoms with Crippen molar-refractivity contribution in [2.24, 2.45) is 0 Å². The van der Waals surface area contributed by atoms with Crippen LogP contribution in [0.25, 0.3) is 0 Å². The fraction of sp³-hybridized carbons (Fsp3) is 0.471. The first-order valence-electron chi connectivity index (χ1n) is 7.49. The molecule has 2 fully saturated rings. The van der Waals surface area contributed by atoms with E-state index in [4.69, 9.17) is 4.74 Å². The SMILES string of the molecule is COc1cccc(C23CCCC(NCC2)C3=CC(=O)O)c1. The van der Waals surface area contributed by atoms with Crippen LogP contribution < -0.4 is 10.1 Å². The maximum atomic E-state index is 11.3. The normalized spacial score (nSPS) is 30.1. The Morgan fingerprint density at radius 2 is 2.33 bits per heavy atom. The van der Waals surface area contributed by atoms with Gasteiger partial charge in [-0.15, -0.1) is 0 Å². The first-order valence-corrected chi connectivity index (χ1v) is 7.49. The number of piperidine rings is 1. The van der Waals surface area contributed by atoms with Gasteiger partial charge in [-0.3, -0.25) is 0 Å². The molecule has 2 unspecified atom stereocenters. The van der Waals surface area contributed by atoms with E-state index in [1.165, 1.54) is 11.6 Å². The zero-order valence-electron chi connectivity index (χ0n) is 12.3. The minimum atomic E-state index is -0.854. The van der Waals surface area contributed by atoms with Gasteiger partial charge in [-0.05, 0) is 49.1 Å². The number of benzene rings is 1. The van der Waals surface area contributed by atoms with Crippen LogP contribution >= 0.6 is 0 Å². The molecular formula is C17H21NO3. The molecule has 1 heterocycles. The number of nitrogens with one attached hydrogen (secondary N) is 1. The predicted molar refractivity (Wildman–Crippen MR) is 80.6 cm³/mol. The Bertz CT molecular complexity index is 569. The second-order valence-electron chi connectivity index (χ2n) is 5.90. The quantitative estimate of drug-likeness (QED) is 0.839. The molecule has 0 radical (unpaired) electrons. The van der Waals surface area contributed by atoms with E-state index in [0.717, 1.165) is 43.6 Å². The van der Waals surface area contributed by atoms with E-state index in [1.807, 2.05) is 12.1 Å². The summed E-state index contributed by atoms with van der Waals surface area (Å²) >= 11 is 0. The Morgan fingerprint density at radius 3 is 3.10 bits per heavy atom. The molecule has 1 saturated carbocycles. The number of aliphatic carboxylic acids is 1. The Hall–Kier alpha value is -1.81. The Morgan fingerprint density at radius 1 is 1.48 bits per heavy atom. The molecule has 4 heteroatoms. The van der Waals surface area contributed by atoms with Gasteiger partial charge in [-0.25, -0.2) is 4.79 Å². The van der Waals surface area contributed by atoms with Crippen LogP contribution in [0.5, 0.6) is 5.75 Å². The van der Waals surface area contributed by atoms with E-state index in [0.29, 0.717) is 0 Å². The summed E-state index contributed by atoms with van der Waals surface area (Å²) in [5.74, 6) is -0.0231. The molecule has 2 N–H and O–H groups in total. The zero-order valence-corrected chi connectivity index (χ0v) is 12.3. The van der Waals surface area contributed by atoms with Crippen molar-refractivity contribution in [3.05, 3.63) is 41.5 Å². The van der Waals surface area contributed by atoms with Crippen LogP contribution in [-0.2, 0) is 10.2 Å². The number of carboxylic acid groups (broad SMARTS) is 1. The van der Waals surface area contributed by atoms with Gasteiger partial charge in [0.05, 0.1) is 7.11 Å². The number of fused-ring (bicyclic) bond motifs is 2. The number of hydrogen-bond acceptors (Lipinski definition) is 3. The van der Waals surface area contributed by atoms with E-state index >= 15 is 0 Å². The number of hydrogen-bond donors (Lipinski definition) is 2. The molecule has 1 saturated heterocycles. The van der Waals surface area contributed by atoms with E-state index < -0.39 is 5.97 Å². The minimum absolute atomic E-state index is 0.152. The fourth-order valence-electron chi connectivity index (χ4n) is 3.93. The number of methoxy groups -OCH3 is 1. The molecule has 1 aromatic carbocycles. The van der Waals surface area contributed by atoms with Gasteiger partial charge in [0, 0.05) is 17.5 Å². The third-order valence-electron chi connectivity index (χ3n) is 4.87. The smallest absolute Gasteiger partial charge is 0.328 e. The van der Waals surface area contributed by atoms with E-state index in [1.54, 1.807) is 7.11 Å². The van der Waals surface area contributed by atoms with Crippen LogP contribution in [0.1, 0.15) is 31.2 Å². The van der Waals surface area contributed by atoms with Gasteiger partial charge in [0.15, 0.2) is 0 Å². The van der Waals surface area contributed by atoms with Gasteiger partial charge in [0.25, 0.3) is 0 Å². The van der Waals surface area contributed by atoms with Crippen LogP contribution in [0.3, 0.4) is 0 Å². The Labute approximate surface area is 124 Å². The van der Waals surface area contributed by atoms with Crippen LogP contribution in [0.4, 0.5) is 0 Å². The summed E-state index contributed by atoms with van der Waals surface area (Å²) in [5.41, 5.74) is 2.06. The third-order valence-corrected chi connectivity index (χ3v) is 4.87. The molecule has 1 aliphatic heterocycles. The highest BCUT2D eigenvalue weighted by atomic mass is 16.5. The van der Waals surface area contributed by atoms with Crippen molar-refractivity contribution in [2.75, 3.05) is 13.7 Å². The first-order chi connectivity index (χ1) is 10.2. The van der Waals surface area contributed by atoms with E-state index in [9.17, 15) is 9.90 Å². The predicted octanol–water partition coefficient (Wildman–Crippen LogP) is 2.49. The monoisotopic (exact) mass is 287 g/mol. The molecule has 2 atom stereocenters. The highest BCUT2D eigenvalue weighted by Crippen LogP contribution is 2.48. The maximum Gasteiger partial charge on any atom is 0.328 e. The van der Waals surface area contributed by atoms with Gasteiger partial charge in [-0.2, -0.15) is 0 Å². The second-order valence-corrected chi connectivity index (χ2v) is 5.90. The number of carbonyl (C=O) groups is 1. The maximum absolute atomic E-state index is 11.3. The van der Waals surface area contributed by atoms with Gasteiger partial charge in [0.2, 0.25) is 0 Å². The van der Waals surface area contributed by atoms with Gasteiger partial charge < -0.3 is 15.2 Å². The van der Waals surface area contributed by atoms with Crippen LogP contribution in [0.2, 0.25) is 0 Å². The largest absolute Gasteiger partial charge is 0.497 e. The van der Waals surface area contributed by atoms with Gasteiger partial charge in [0.1, 0.15) is 5.75 Å². The molecule has 1 aromatic rings. The summed E-state index contributed by atoms with van der Waals surface area (Å²) < 4.78 is 5.34. The van der Waals surface area contributed by atoms with Crippen molar-refractivity contribution >= 4 is 5.97 Å². The van der Waals surface area contributed by atoms with Gasteiger partial charge in [-0.1, -0.05) is 18.6 Å². The molecule has 0 aromatic heterocycles.